The number of amides is 1. The van der Waals surface area contributed by atoms with Crippen LogP contribution in [0.25, 0.3) is 0 Å². The van der Waals surface area contributed by atoms with Gasteiger partial charge in [-0.15, -0.1) is 0 Å². The summed E-state index contributed by atoms with van der Waals surface area (Å²) in [6.07, 6.45) is 5.35. The van der Waals surface area contributed by atoms with E-state index in [1.54, 1.807) is 18.3 Å². The largest absolute Gasteiger partial charge is 0.477 e. The monoisotopic (exact) mass is 368 g/mol. The van der Waals surface area contributed by atoms with Gasteiger partial charge in [-0.05, 0) is 62.3 Å². The van der Waals surface area contributed by atoms with Crippen molar-refractivity contribution in [1.82, 2.24) is 9.88 Å². The molecular weight excluding hydrogens is 343 g/mol. The summed E-state index contributed by atoms with van der Waals surface area (Å²) in [5.41, 5.74) is 1.58. The van der Waals surface area contributed by atoms with Gasteiger partial charge in [-0.1, -0.05) is 18.2 Å². The lowest BCUT2D eigenvalue weighted by molar-refractivity contribution is -0.135. The average molecular weight is 368 g/mol. The summed E-state index contributed by atoms with van der Waals surface area (Å²) in [7, 11) is 0. The molecule has 0 N–H and O–H groups in total. The topological polar surface area (TPSA) is 42.4 Å². The summed E-state index contributed by atoms with van der Waals surface area (Å²) in [5.74, 6) is 1.08. The number of piperidine rings is 1. The standard InChI is InChI=1S/C22H25FN2O2/c1-16-3-2-12-24-20(16)27-15-17-8-13-25(14-9-17)21(26)22(10-11-22)18-4-6-19(23)7-5-18/h2-7,12,17H,8-11,13-15H2,1H3. The van der Waals surface area contributed by atoms with Crippen molar-refractivity contribution in [3.63, 3.8) is 0 Å². The van der Waals surface area contributed by atoms with Crippen molar-refractivity contribution in [2.75, 3.05) is 19.7 Å². The molecule has 0 radical (unpaired) electrons. The molecule has 4 rings (SSSR count). The highest BCUT2D eigenvalue weighted by Gasteiger charge is 2.53. The highest BCUT2D eigenvalue weighted by molar-refractivity contribution is 5.91. The van der Waals surface area contributed by atoms with E-state index in [1.807, 2.05) is 24.0 Å². The van der Waals surface area contributed by atoms with E-state index in [-0.39, 0.29) is 11.7 Å². The molecule has 1 saturated heterocycles. The zero-order chi connectivity index (χ0) is 18.9. The maximum Gasteiger partial charge on any atom is 0.233 e. The molecule has 0 spiro atoms. The van der Waals surface area contributed by atoms with Crippen molar-refractivity contribution in [2.45, 2.75) is 38.0 Å². The van der Waals surface area contributed by atoms with Gasteiger partial charge in [-0.2, -0.15) is 0 Å². The number of pyridine rings is 1. The van der Waals surface area contributed by atoms with Gasteiger partial charge >= 0.3 is 0 Å². The van der Waals surface area contributed by atoms with E-state index in [2.05, 4.69) is 4.98 Å². The molecule has 1 saturated carbocycles. The van der Waals surface area contributed by atoms with Crippen LogP contribution in [0.5, 0.6) is 5.88 Å². The van der Waals surface area contributed by atoms with Crippen molar-refractivity contribution in [2.24, 2.45) is 5.92 Å². The maximum absolute atomic E-state index is 13.2. The van der Waals surface area contributed by atoms with Crippen LogP contribution in [0.3, 0.4) is 0 Å². The Hall–Kier alpha value is -2.43. The number of aryl methyl sites for hydroxylation is 1. The Labute approximate surface area is 159 Å². The van der Waals surface area contributed by atoms with Gasteiger partial charge in [-0.3, -0.25) is 4.79 Å². The van der Waals surface area contributed by atoms with Gasteiger partial charge in [0.05, 0.1) is 12.0 Å². The molecule has 2 heterocycles. The molecule has 1 aromatic heterocycles. The summed E-state index contributed by atoms with van der Waals surface area (Å²) >= 11 is 0. The first-order valence-electron chi connectivity index (χ1n) is 9.68. The lowest BCUT2D eigenvalue weighted by Gasteiger charge is -2.34. The van der Waals surface area contributed by atoms with Crippen molar-refractivity contribution in [3.8, 4) is 5.88 Å². The first kappa shape index (κ1) is 18.0. The fourth-order valence-corrected chi connectivity index (χ4v) is 3.94. The summed E-state index contributed by atoms with van der Waals surface area (Å²) in [5, 5.41) is 0. The van der Waals surface area contributed by atoms with Crippen LogP contribution in [-0.2, 0) is 10.2 Å². The Kier molecular flexibility index (Phi) is 4.85. The molecule has 4 nitrogen and oxygen atoms in total. The molecule has 5 heteroatoms. The molecule has 0 atom stereocenters. The van der Waals surface area contributed by atoms with Crippen LogP contribution >= 0.6 is 0 Å². The number of hydrogen-bond acceptors (Lipinski definition) is 3. The van der Waals surface area contributed by atoms with Crippen molar-refractivity contribution < 1.29 is 13.9 Å². The molecule has 2 fully saturated rings. The van der Waals surface area contributed by atoms with Crippen LogP contribution in [0.2, 0.25) is 0 Å². The van der Waals surface area contributed by atoms with E-state index in [0.29, 0.717) is 18.4 Å². The summed E-state index contributed by atoms with van der Waals surface area (Å²) in [6, 6.07) is 10.3. The second-order valence-corrected chi connectivity index (χ2v) is 7.76. The van der Waals surface area contributed by atoms with Crippen LogP contribution in [0.1, 0.15) is 36.8 Å². The van der Waals surface area contributed by atoms with E-state index < -0.39 is 5.41 Å². The van der Waals surface area contributed by atoms with Gasteiger partial charge in [0.1, 0.15) is 5.82 Å². The number of hydrogen-bond donors (Lipinski definition) is 0. The number of carbonyl (C=O) groups excluding carboxylic acids is 1. The van der Waals surface area contributed by atoms with Gasteiger partial charge in [0.2, 0.25) is 11.8 Å². The minimum Gasteiger partial charge on any atom is -0.477 e. The fourth-order valence-electron chi connectivity index (χ4n) is 3.94. The first-order chi connectivity index (χ1) is 13.1. The van der Waals surface area contributed by atoms with Crippen LogP contribution < -0.4 is 4.74 Å². The Morgan fingerprint density at radius 3 is 2.56 bits per heavy atom. The third-order valence-corrected chi connectivity index (χ3v) is 5.88. The lowest BCUT2D eigenvalue weighted by atomic mass is 9.91. The van der Waals surface area contributed by atoms with Crippen molar-refractivity contribution >= 4 is 5.91 Å². The quantitative estimate of drug-likeness (QED) is 0.804. The van der Waals surface area contributed by atoms with Gasteiger partial charge in [0.15, 0.2) is 0 Å². The van der Waals surface area contributed by atoms with Gasteiger partial charge in [0.25, 0.3) is 0 Å². The summed E-state index contributed by atoms with van der Waals surface area (Å²) in [6.45, 7) is 4.16. The van der Waals surface area contributed by atoms with Gasteiger partial charge < -0.3 is 9.64 Å². The molecule has 0 unspecified atom stereocenters. The van der Waals surface area contributed by atoms with Crippen LogP contribution in [-0.4, -0.2) is 35.5 Å². The normalized spacial score (nSPS) is 19.0. The highest BCUT2D eigenvalue weighted by Crippen LogP contribution is 2.50. The maximum atomic E-state index is 13.2. The number of rotatable bonds is 5. The average Bonchev–Trinajstić information content (AvgIpc) is 3.50. The van der Waals surface area contributed by atoms with Crippen molar-refractivity contribution in [3.05, 3.63) is 59.5 Å². The predicted molar refractivity (Wildman–Crippen MR) is 101 cm³/mol. The first-order valence-corrected chi connectivity index (χ1v) is 9.68. The molecule has 0 bridgehead atoms. The lowest BCUT2D eigenvalue weighted by Crippen LogP contribution is -2.44. The van der Waals surface area contributed by atoms with Crippen LogP contribution in [0.15, 0.2) is 42.6 Å². The number of benzene rings is 1. The van der Waals surface area contributed by atoms with Crippen LogP contribution in [0, 0.1) is 18.7 Å². The zero-order valence-corrected chi connectivity index (χ0v) is 15.7. The molecule has 27 heavy (non-hydrogen) atoms. The Balaban J connectivity index is 1.32. The van der Waals surface area contributed by atoms with E-state index in [1.165, 1.54) is 12.1 Å². The number of aromatic nitrogens is 1. The van der Waals surface area contributed by atoms with E-state index >= 15 is 0 Å². The number of ether oxygens (including phenoxy) is 1. The second kappa shape index (κ2) is 7.29. The van der Waals surface area contributed by atoms with Crippen LogP contribution in [0.4, 0.5) is 4.39 Å². The SMILES string of the molecule is Cc1cccnc1OCC1CCN(C(=O)C2(c3ccc(F)cc3)CC2)CC1. The minimum atomic E-state index is -0.415. The number of likely N-dealkylation sites (tertiary alicyclic amines) is 1. The van der Waals surface area contributed by atoms with Gasteiger partial charge in [0, 0.05) is 24.8 Å². The molecule has 2 aromatic rings. The number of carbonyl (C=O) groups is 1. The molecule has 1 aliphatic heterocycles. The molecule has 1 aromatic carbocycles. The smallest absolute Gasteiger partial charge is 0.233 e. The highest BCUT2D eigenvalue weighted by atomic mass is 19.1. The van der Waals surface area contributed by atoms with E-state index in [0.717, 1.165) is 49.9 Å². The molecule has 142 valence electrons. The zero-order valence-electron chi connectivity index (χ0n) is 15.7. The Morgan fingerprint density at radius 2 is 1.93 bits per heavy atom. The second-order valence-electron chi connectivity index (χ2n) is 7.76. The fraction of sp³-hybridized carbons (Fsp3) is 0.455. The minimum absolute atomic E-state index is 0.203. The summed E-state index contributed by atoms with van der Waals surface area (Å²) in [4.78, 5) is 19.3. The predicted octanol–water partition coefficient (Wildman–Crippen LogP) is 3.88. The van der Waals surface area contributed by atoms with Gasteiger partial charge in [-0.25, -0.2) is 9.37 Å². The number of nitrogens with zero attached hydrogens (tertiary/aromatic N) is 2. The number of halogens is 1. The third-order valence-electron chi connectivity index (χ3n) is 5.88. The third kappa shape index (κ3) is 3.68. The summed E-state index contributed by atoms with van der Waals surface area (Å²) < 4.78 is 19.1. The molecule has 1 amide bonds. The molecule has 1 aliphatic carbocycles. The van der Waals surface area contributed by atoms with Crippen molar-refractivity contribution in [1.29, 1.82) is 0 Å². The molecular formula is C22H25FN2O2. The molecule has 2 aliphatic rings. The Morgan fingerprint density at radius 1 is 1.22 bits per heavy atom. The Bertz CT molecular complexity index is 809. The van der Waals surface area contributed by atoms with E-state index in [4.69, 9.17) is 4.74 Å². The van der Waals surface area contributed by atoms with E-state index in [9.17, 15) is 9.18 Å².